The van der Waals surface area contributed by atoms with Crippen molar-refractivity contribution >= 4 is 16.0 Å². The molecule has 140 valence electrons. The molecule has 0 radical (unpaired) electrons. The molecule has 0 aliphatic carbocycles. The predicted molar refractivity (Wildman–Crippen MR) is 89.0 cm³/mol. The third-order valence-electron chi connectivity index (χ3n) is 4.14. The summed E-state index contributed by atoms with van der Waals surface area (Å²) in [6.07, 6.45) is -0.109. The lowest BCUT2D eigenvalue weighted by molar-refractivity contribution is -0.137. The van der Waals surface area contributed by atoms with E-state index < -0.39 is 21.8 Å². The van der Waals surface area contributed by atoms with Crippen LogP contribution >= 0.6 is 0 Å². The molecule has 2 heterocycles. The van der Waals surface area contributed by atoms with E-state index in [1.165, 1.54) is 0 Å². The number of halogens is 3. The molecule has 1 saturated heterocycles. The molecule has 1 aliphatic rings. The molecule has 0 atom stereocenters. The third-order valence-corrected chi connectivity index (χ3v) is 5.68. The number of benzene rings is 1. The molecule has 1 aliphatic heterocycles. The van der Waals surface area contributed by atoms with Gasteiger partial charge < -0.3 is 4.90 Å². The fraction of sp³-hybridized carbons (Fsp3) is 0.375. The van der Waals surface area contributed by atoms with E-state index in [1.54, 1.807) is 18.5 Å². The minimum absolute atomic E-state index is 0.181. The van der Waals surface area contributed by atoms with Crippen molar-refractivity contribution in [2.75, 3.05) is 18.0 Å². The Hall–Kier alpha value is -2.20. The molecule has 1 aromatic carbocycles. The van der Waals surface area contributed by atoms with E-state index in [2.05, 4.69) is 14.7 Å². The summed E-state index contributed by atoms with van der Waals surface area (Å²) in [5, 5.41) is 0. The van der Waals surface area contributed by atoms with Gasteiger partial charge in [-0.25, -0.2) is 23.1 Å². The summed E-state index contributed by atoms with van der Waals surface area (Å²) in [7, 11) is -3.87. The van der Waals surface area contributed by atoms with Gasteiger partial charge in [-0.2, -0.15) is 13.2 Å². The highest BCUT2D eigenvalue weighted by Gasteiger charge is 2.31. The molecule has 0 saturated carbocycles. The predicted octanol–water partition coefficient (Wildman–Crippen LogP) is 2.44. The van der Waals surface area contributed by atoms with Crippen molar-refractivity contribution in [3.63, 3.8) is 0 Å². The highest BCUT2D eigenvalue weighted by molar-refractivity contribution is 7.89. The van der Waals surface area contributed by atoms with Crippen LogP contribution in [0.15, 0.2) is 47.6 Å². The lowest BCUT2D eigenvalue weighted by Crippen LogP contribution is -2.45. The zero-order valence-electron chi connectivity index (χ0n) is 13.6. The summed E-state index contributed by atoms with van der Waals surface area (Å²) in [6, 6.07) is 4.90. The maximum Gasteiger partial charge on any atom is 0.416 e. The first kappa shape index (κ1) is 18.6. The number of hydrogen-bond donors (Lipinski definition) is 1. The van der Waals surface area contributed by atoms with Gasteiger partial charge in [0.1, 0.15) is 0 Å². The molecule has 0 unspecified atom stereocenters. The van der Waals surface area contributed by atoms with Gasteiger partial charge in [0, 0.05) is 31.5 Å². The number of hydrogen-bond acceptors (Lipinski definition) is 5. The van der Waals surface area contributed by atoms with Crippen LogP contribution in [0.5, 0.6) is 0 Å². The van der Waals surface area contributed by atoms with Gasteiger partial charge in [-0.1, -0.05) is 0 Å². The minimum Gasteiger partial charge on any atom is -0.341 e. The molecule has 1 N–H and O–H groups in total. The Labute approximate surface area is 149 Å². The first-order valence-corrected chi connectivity index (χ1v) is 9.45. The van der Waals surface area contributed by atoms with Gasteiger partial charge in [-0.05, 0) is 43.2 Å². The number of sulfonamides is 1. The highest BCUT2D eigenvalue weighted by Crippen LogP contribution is 2.29. The molecule has 1 aromatic heterocycles. The van der Waals surface area contributed by atoms with Crippen molar-refractivity contribution in [1.82, 2.24) is 14.7 Å². The number of anilines is 1. The summed E-state index contributed by atoms with van der Waals surface area (Å²) in [5.41, 5.74) is -0.882. The lowest BCUT2D eigenvalue weighted by atomic mass is 10.1. The van der Waals surface area contributed by atoms with Crippen molar-refractivity contribution < 1.29 is 21.6 Å². The minimum atomic E-state index is -4.50. The summed E-state index contributed by atoms with van der Waals surface area (Å²) in [6.45, 7) is 1.18. The van der Waals surface area contributed by atoms with Crippen LogP contribution in [-0.2, 0) is 16.2 Å². The van der Waals surface area contributed by atoms with Gasteiger partial charge in [0.15, 0.2) is 0 Å². The molecule has 2 aromatic rings. The second-order valence-electron chi connectivity index (χ2n) is 5.95. The molecule has 0 spiro atoms. The molecule has 3 rings (SSSR count). The van der Waals surface area contributed by atoms with Crippen LogP contribution in [0.1, 0.15) is 18.4 Å². The van der Waals surface area contributed by atoms with Crippen molar-refractivity contribution in [2.45, 2.75) is 30.0 Å². The standard InChI is InChI=1S/C16H17F3N4O2S/c17-16(18,19)12-2-4-14(5-3-12)26(24,25)22-13-6-10-23(11-7-13)15-20-8-1-9-21-15/h1-5,8-9,13,22H,6-7,10-11H2. The monoisotopic (exact) mass is 386 g/mol. The van der Waals surface area contributed by atoms with Crippen LogP contribution in [0, 0.1) is 0 Å². The summed E-state index contributed by atoms with van der Waals surface area (Å²) >= 11 is 0. The van der Waals surface area contributed by atoms with Gasteiger partial charge in [0.2, 0.25) is 16.0 Å². The van der Waals surface area contributed by atoms with E-state index in [-0.39, 0.29) is 10.9 Å². The van der Waals surface area contributed by atoms with Gasteiger partial charge in [0.25, 0.3) is 0 Å². The summed E-state index contributed by atoms with van der Waals surface area (Å²) in [4.78, 5) is 10.1. The van der Waals surface area contributed by atoms with Gasteiger partial charge >= 0.3 is 6.18 Å². The second-order valence-corrected chi connectivity index (χ2v) is 7.67. The molecular weight excluding hydrogens is 369 g/mol. The Morgan fingerprint density at radius 3 is 2.15 bits per heavy atom. The van der Waals surface area contributed by atoms with Crippen LogP contribution < -0.4 is 9.62 Å². The maximum absolute atomic E-state index is 12.6. The van der Waals surface area contributed by atoms with E-state index in [0.717, 1.165) is 24.3 Å². The van der Waals surface area contributed by atoms with Crippen LogP contribution in [0.3, 0.4) is 0 Å². The zero-order valence-corrected chi connectivity index (χ0v) is 14.5. The largest absolute Gasteiger partial charge is 0.416 e. The fourth-order valence-electron chi connectivity index (χ4n) is 2.76. The van der Waals surface area contributed by atoms with Gasteiger partial charge in [-0.15, -0.1) is 0 Å². The average molecular weight is 386 g/mol. The van der Waals surface area contributed by atoms with Crippen LogP contribution in [0.25, 0.3) is 0 Å². The number of rotatable bonds is 4. The normalized spacial score (nSPS) is 16.7. The fourth-order valence-corrected chi connectivity index (χ4v) is 4.07. The molecule has 6 nitrogen and oxygen atoms in total. The number of piperidine rings is 1. The molecule has 26 heavy (non-hydrogen) atoms. The highest BCUT2D eigenvalue weighted by atomic mass is 32.2. The Balaban J connectivity index is 1.62. The first-order chi connectivity index (χ1) is 12.3. The molecule has 10 heteroatoms. The third kappa shape index (κ3) is 4.31. The van der Waals surface area contributed by atoms with Crippen LogP contribution in [0.4, 0.5) is 19.1 Å². The molecule has 1 fully saturated rings. The van der Waals surface area contributed by atoms with Crippen molar-refractivity contribution in [2.24, 2.45) is 0 Å². The van der Waals surface area contributed by atoms with E-state index in [0.29, 0.717) is 31.9 Å². The molecular formula is C16H17F3N4O2S. The maximum atomic E-state index is 12.6. The Bertz CT molecular complexity index is 834. The zero-order chi connectivity index (χ0) is 18.8. The van der Waals surface area contributed by atoms with Crippen molar-refractivity contribution in [1.29, 1.82) is 0 Å². The quantitative estimate of drug-likeness (QED) is 0.874. The van der Waals surface area contributed by atoms with E-state index in [4.69, 9.17) is 0 Å². The van der Waals surface area contributed by atoms with Gasteiger partial charge in [-0.3, -0.25) is 0 Å². The second kappa shape index (κ2) is 7.20. The van der Waals surface area contributed by atoms with E-state index >= 15 is 0 Å². The summed E-state index contributed by atoms with van der Waals surface area (Å²) < 4.78 is 65.1. The SMILES string of the molecule is O=S(=O)(NC1CCN(c2ncccn2)CC1)c1ccc(C(F)(F)F)cc1. The Morgan fingerprint density at radius 2 is 1.62 bits per heavy atom. The smallest absolute Gasteiger partial charge is 0.341 e. The summed E-state index contributed by atoms with van der Waals surface area (Å²) in [5.74, 6) is 0.594. The number of alkyl halides is 3. The van der Waals surface area contributed by atoms with E-state index in [1.807, 2.05) is 4.90 Å². The average Bonchev–Trinajstić information content (AvgIpc) is 2.62. The van der Waals surface area contributed by atoms with Crippen molar-refractivity contribution in [3.05, 3.63) is 48.3 Å². The van der Waals surface area contributed by atoms with Crippen LogP contribution in [-0.4, -0.2) is 37.5 Å². The molecule has 0 amide bonds. The number of nitrogens with one attached hydrogen (secondary N) is 1. The first-order valence-electron chi connectivity index (χ1n) is 7.97. The lowest BCUT2D eigenvalue weighted by Gasteiger charge is -2.32. The van der Waals surface area contributed by atoms with Crippen LogP contribution in [0.2, 0.25) is 0 Å². The number of aromatic nitrogens is 2. The van der Waals surface area contributed by atoms with E-state index in [9.17, 15) is 21.6 Å². The Morgan fingerprint density at radius 1 is 1.04 bits per heavy atom. The van der Waals surface area contributed by atoms with Crippen molar-refractivity contribution in [3.8, 4) is 0 Å². The van der Waals surface area contributed by atoms with Gasteiger partial charge in [0.05, 0.1) is 10.5 Å². The molecule has 0 bridgehead atoms. The number of nitrogens with zero attached hydrogens (tertiary/aromatic N) is 3. The Kier molecular flexibility index (Phi) is 5.15. The topological polar surface area (TPSA) is 75.2 Å².